The average molecular weight is 559 g/mol. The molecule has 10 heteroatoms. The van der Waals surface area contributed by atoms with Gasteiger partial charge in [-0.25, -0.2) is 13.1 Å². The van der Waals surface area contributed by atoms with Crippen LogP contribution in [0.3, 0.4) is 0 Å². The summed E-state index contributed by atoms with van der Waals surface area (Å²) in [5.41, 5.74) is 0. The maximum Gasteiger partial charge on any atom is 0.213 e. The van der Waals surface area contributed by atoms with Gasteiger partial charge in [-0.05, 0) is 50.0 Å². The second-order valence-corrected chi connectivity index (χ2v) is 10.1. The first kappa shape index (κ1) is 26.6. The van der Waals surface area contributed by atoms with Gasteiger partial charge in [-0.3, -0.25) is 4.99 Å². The van der Waals surface area contributed by atoms with Crippen molar-refractivity contribution in [3.05, 3.63) is 22.4 Å². The van der Waals surface area contributed by atoms with E-state index in [0.29, 0.717) is 31.5 Å². The van der Waals surface area contributed by atoms with Crippen LogP contribution in [0.1, 0.15) is 38.0 Å². The van der Waals surface area contributed by atoms with Crippen molar-refractivity contribution in [1.82, 2.24) is 15.4 Å². The Morgan fingerprint density at radius 1 is 1.38 bits per heavy atom. The largest absolute Gasteiger partial charge is 0.377 e. The monoisotopic (exact) mass is 558 g/mol. The highest BCUT2D eigenvalue weighted by Crippen LogP contribution is 2.14. The third kappa shape index (κ3) is 11.5. The quantitative estimate of drug-likeness (QED) is 0.221. The molecular weight excluding hydrogens is 523 g/mol. The fraction of sp³-hybridized carbons (Fsp3) is 0.737. The first-order valence-electron chi connectivity index (χ1n) is 10.1. The number of thiophene rings is 1. The van der Waals surface area contributed by atoms with Gasteiger partial charge in [-0.2, -0.15) is 0 Å². The molecule has 1 saturated heterocycles. The van der Waals surface area contributed by atoms with E-state index in [-0.39, 0.29) is 35.8 Å². The Bertz CT molecular complexity index is 678. The number of sulfonamides is 1. The van der Waals surface area contributed by atoms with Gasteiger partial charge in [0.1, 0.15) is 0 Å². The first-order chi connectivity index (χ1) is 13.5. The summed E-state index contributed by atoms with van der Waals surface area (Å²) in [5.74, 6) is 1.09. The minimum absolute atomic E-state index is 0. The van der Waals surface area contributed by atoms with Gasteiger partial charge in [0.05, 0.1) is 11.9 Å². The molecule has 0 amide bonds. The fourth-order valence-corrected chi connectivity index (χ4v) is 4.81. The third-order valence-electron chi connectivity index (χ3n) is 4.50. The predicted octanol–water partition coefficient (Wildman–Crippen LogP) is 2.59. The van der Waals surface area contributed by atoms with Crippen LogP contribution in [0.5, 0.6) is 0 Å². The fourth-order valence-electron chi connectivity index (χ4n) is 2.99. The van der Waals surface area contributed by atoms with Gasteiger partial charge in [0.2, 0.25) is 10.0 Å². The SMILES string of the molecule is CCNC(=NCC(C)Cc1cccs1)NCCS(=O)(=O)NCC1CCCCO1.I. The van der Waals surface area contributed by atoms with E-state index < -0.39 is 10.0 Å². The molecule has 168 valence electrons. The summed E-state index contributed by atoms with van der Waals surface area (Å²) < 4.78 is 32.6. The van der Waals surface area contributed by atoms with E-state index >= 15 is 0 Å². The van der Waals surface area contributed by atoms with Gasteiger partial charge in [0, 0.05) is 37.7 Å². The number of hydrogen-bond donors (Lipinski definition) is 3. The molecule has 0 aromatic carbocycles. The van der Waals surface area contributed by atoms with Crippen molar-refractivity contribution in [2.24, 2.45) is 10.9 Å². The molecule has 1 aromatic heterocycles. The van der Waals surface area contributed by atoms with E-state index in [9.17, 15) is 8.42 Å². The molecule has 0 saturated carbocycles. The molecule has 0 spiro atoms. The summed E-state index contributed by atoms with van der Waals surface area (Å²) in [6.07, 6.45) is 4.08. The van der Waals surface area contributed by atoms with Crippen molar-refractivity contribution < 1.29 is 13.2 Å². The number of nitrogens with one attached hydrogen (secondary N) is 3. The number of nitrogens with zero attached hydrogens (tertiary/aromatic N) is 1. The molecular formula is C19H35IN4O3S2. The third-order valence-corrected chi connectivity index (χ3v) is 6.75. The van der Waals surface area contributed by atoms with Gasteiger partial charge >= 0.3 is 0 Å². The van der Waals surface area contributed by atoms with E-state index in [2.05, 4.69) is 44.8 Å². The van der Waals surface area contributed by atoms with Crippen molar-refractivity contribution in [3.63, 3.8) is 0 Å². The Kier molecular flexibility index (Phi) is 13.4. The second kappa shape index (κ2) is 14.6. The lowest BCUT2D eigenvalue weighted by molar-refractivity contribution is 0.0200. The van der Waals surface area contributed by atoms with Crippen molar-refractivity contribution in [2.45, 2.75) is 45.6 Å². The molecule has 2 heterocycles. The average Bonchev–Trinajstić information content (AvgIpc) is 3.18. The second-order valence-electron chi connectivity index (χ2n) is 7.19. The molecule has 2 rings (SSSR count). The molecule has 1 aromatic rings. The summed E-state index contributed by atoms with van der Waals surface area (Å²) in [6, 6.07) is 4.21. The Balaban J connectivity index is 0.00000420. The van der Waals surface area contributed by atoms with Gasteiger partial charge in [-0.1, -0.05) is 13.0 Å². The molecule has 2 unspecified atom stereocenters. The van der Waals surface area contributed by atoms with E-state index in [1.807, 2.05) is 6.92 Å². The number of guanidine groups is 1. The van der Waals surface area contributed by atoms with Crippen LogP contribution in [0.4, 0.5) is 0 Å². The van der Waals surface area contributed by atoms with Crippen molar-refractivity contribution in [1.29, 1.82) is 0 Å². The summed E-state index contributed by atoms with van der Waals surface area (Å²) in [4.78, 5) is 5.96. The summed E-state index contributed by atoms with van der Waals surface area (Å²) in [6.45, 7) is 6.99. The highest BCUT2D eigenvalue weighted by molar-refractivity contribution is 14.0. The molecule has 0 bridgehead atoms. The van der Waals surface area contributed by atoms with Gasteiger partial charge in [0.15, 0.2) is 5.96 Å². The molecule has 1 fully saturated rings. The minimum Gasteiger partial charge on any atom is -0.377 e. The molecule has 1 aliphatic rings. The van der Waals surface area contributed by atoms with Crippen LogP contribution < -0.4 is 15.4 Å². The first-order valence-corrected chi connectivity index (χ1v) is 12.6. The van der Waals surface area contributed by atoms with Gasteiger partial charge < -0.3 is 15.4 Å². The molecule has 0 radical (unpaired) electrons. The minimum atomic E-state index is -3.33. The lowest BCUT2D eigenvalue weighted by Crippen LogP contribution is -2.42. The number of rotatable bonds is 11. The van der Waals surface area contributed by atoms with Crippen LogP contribution in [-0.2, 0) is 21.2 Å². The predicted molar refractivity (Wildman–Crippen MR) is 132 cm³/mol. The van der Waals surface area contributed by atoms with Crippen LogP contribution in [0.2, 0.25) is 0 Å². The van der Waals surface area contributed by atoms with Crippen LogP contribution in [-0.4, -0.2) is 59.0 Å². The van der Waals surface area contributed by atoms with Crippen LogP contribution in [0, 0.1) is 5.92 Å². The number of aliphatic imine (C=N–C) groups is 1. The number of halogens is 1. The zero-order valence-electron chi connectivity index (χ0n) is 17.4. The zero-order valence-corrected chi connectivity index (χ0v) is 21.3. The molecule has 0 aliphatic carbocycles. The molecule has 7 nitrogen and oxygen atoms in total. The Morgan fingerprint density at radius 3 is 2.86 bits per heavy atom. The Labute approximate surface area is 196 Å². The highest BCUT2D eigenvalue weighted by atomic mass is 127. The standard InChI is InChI=1S/C19H34N4O3S2.HI/c1-3-20-19(22-14-16(2)13-18-8-6-11-27-18)21-9-12-28(24,25)23-15-17-7-4-5-10-26-17;/h6,8,11,16-17,23H,3-5,7,9-10,12-15H2,1-2H3,(H2,20,21,22);1H. The normalized spacial score (nSPS) is 18.7. The van der Waals surface area contributed by atoms with Crippen LogP contribution in [0.25, 0.3) is 0 Å². The number of hydrogen-bond acceptors (Lipinski definition) is 5. The van der Waals surface area contributed by atoms with Crippen LogP contribution >= 0.6 is 35.3 Å². The van der Waals surface area contributed by atoms with Crippen molar-refractivity contribution >= 4 is 51.3 Å². The zero-order chi connectivity index (χ0) is 20.2. The maximum absolute atomic E-state index is 12.2. The lowest BCUT2D eigenvalue weighted by Gasteiger charge is -2.22. The Morgan fingerprint density at radius 2 is 2.21 bits per heavy atom. The summed E-state index contributed by atoms with van der Waals surface area (Å²) >= 11 is 1.76. The Hall–Kier alpha value is -0.430. The van der Waals surface area contributed by atoms with Gasteiger partial charge in [-0.15, -0.1) is 35.3 Å². The molecule has 3 N–H and O–H groups in total. The van der Waals surface area contributed by atoms with Crippen molar-refractivity contribution in [2.75, 3.05) is 38.5 Å². The highest BCUT2D eigenvalue weighted by Gasteiger charge is 2.17. The lowest BCUT2D eigenvalue weighted by atomic mass is 10.1. The summed E-state index contributed by atoms with van der Waals surface area (Å²) in [7, 11) is -3.33. The molecule has 2 atom stereocenters. The van der Waals surface area contributed by atoms with Gasteiger partial charge in [0.25, 0.3) is 0 Å². The van der Waals surface area contributed by atoms with E-state index in [0.717, 1.165) is 38.8 Å². The smallest absolute Gasteiger partial charge is 0.213 e. The molecule has 1 aliphatic heterocycles. The van der Waals surface area contributed by atoms with E-state index in [1.54, 1.807) is 11.3 Å². The summed E-state index contributed by atoms with van der Waals surface area (Å²) in [5, 5.41) is 8.38. The van der Waals surface area contributed by atoms with Crippen LogP contribution in [0.15, 0.2) is 22.5 Å². The molecule has 29 heavy (non-hydrogen) atoms. The van der Waals surface area contributed by atoms with E-state index in [4.69, 9.17) is 4.74 Å². The number of ether oxygens (including phenoxy) is 1. The maximum atomic E-state index is 12.2. The topological polar surface area (TPSA) is 91.8 Å². The van der Waals surface area contributed by atoms with E-state index in [1.165, 1.54) is 4.88 Å². The van der Waals surface area contributed by atoms with Crippen molar-refractivity contribution in [3.8, 4) is 0 Å².